The molecule has 0 aliphatic rings. The van der Waals surface area contributed by atoms with E-state index in [-0.39, 0.29) is 21.1 Å². The maximum atomic E-state index is 5.52. The summed E-state index contributed by atoms with van der Waals surface area (Å²) in [7, 11) is 0. The van der Waals surface area contributed by atoms with Gasteiger partial charge in [0.2, 0.25) is 0 Å². The van der Waals surface area contributed by atoms with Crippen LogP contribution in [0.1, 0.15) is 0 Å². The van der Waals surface area contributed by atoms with Gasteiger partial charge >= 0.3 is 21.1 Å². The minimum atomic E-state index is 0. The van der Waals surface area contributed by atoms with Crippen molar-refractivity contribution in [2.45, 2.75) is 20.1 Å². The predicted octanol–water partition coefficient (Wildman–Crippen LogP) is 5.20. The van der Waals surface area contributed by atoms with Crippen LogP contribution in [0.15, 0.2) is 118 Å². The molecule has 6 aromatic rings. The molecule has 206 valence electrons. The summed E-state index contributed by atoms with van der Waals surface area (Å²) in [5, 5.41) is 2.09. The fraction of sp³-hybridized carbons (Fsp3) is 0. The molecule has 0 spiro atoms. The SMILES string of the molecule is S=c1n(-c2ccncc2)c([S-])c([S-])n1-c1ccncc1.S=c1n(-c2ccncc2)c([S-])c([S-])n1-c1ccncc1.[Pt+4]. The topological polar surface area (TPSA) is 71.3 Å². The number of rotatable bonds is 4. The van der Waals surface area contributed by atoms with Gasteiger partial charge in [0.15, 0.2) is 9.54 Å². The number of nitrogens with zero attached hydrogens (tertiary/aromatic N) is 8. The molecule has 8 nitrogen and oxygen atoms in total. The quantitative estimate of drug-likeness (QED) is 0.175. The van der Waals surface area contributed by atoms with E-state index in [9.17, 15) is 0 Å². The van der Waals surface area contributed by atoms with Crippen LogP contribution in [0.25, 0.3) is 22.7 Å². The van der Waals surface area contributed by atoms with Crippen molar-refractivity contribution in [3.8, 4) is 22.7 Å². The molecule has 0 radical (unpaired) electrons. The van der Waals surface area contributed by atoms with Crippen LogP contribution < -0.4 is 0 Å². The van der Waals surface area contributed by atoms with Gasteiger partial charge in [-0.25, -0.2) is 0 Å². The Kier molecular flexibility index (Phi) is 10.4. The van der Waals surface area contributed by atoms with Crippen molar-refractivity contribution in [3.05, 3.63) is 108 Å². The van der Waals surface area contributed by atoms with Crippen molar-refractivity contribution >= 4 is 75.0 Å². The van der Waals surface area contributed by atoms with Gasteiger partial charge in [-0.1, -0.05) is 0 Å². The van der Waals surface area contributed by atoms with Crippen molar-refractivity contribution in [2.75, 3.05) is 0 Å². The number of hydrogen-bond donors (Lipinski definition) is 0. The van der Waals surface area contributed by atoms with E-state index in [1.165, 1.54) is 0 Å². The molecule has 0 unspecified atom stereocenters. The Morgan fingerprint density at radius 2 is 0.561 bits per heavy atom. The molecule has 6 rings (SSSR count). The molecule has 0 N–H and O–H groups in total. The molecule has 0 amide bonds. The zero-order valence-corrected chi connectivity index (χ0v) is 27.8. The van der Waals surface area contributed by atoms with Crippen LogP contribution in [-0.4, -0.2) is 38.2 Å². The van der Waals surface area contributed by atoms with E-state index in [0.717, 1.165) is 22.7 Å². The molecule has 0 fully saturated rings. The van der Waals surface area contributed by atoms with Gasteiger partial charge in [-0.3, -0.25) is 19.9 Å². The summed E-state index contributed by atoms with van der Waals surface area (Å²) in [4.78, 5) is 16.0. The summed E-state index contributed by atoms with van der Waals surface area (Å²) < 4.78 is 8.17. The van der Waals surface area contributed by atoms with E-state index < -0.39 is 0 Å². The van der Waals surface area contributed by atoms with E-state index in [1.54, 1.807) is 67.8 Å². The van der Waals surface area contributed by atoms with E-state index in [0.29, 0.717) is 29.6 Å². The average molecular weight is 828 g/mol. The second kappa shape index (κ2) is 13.8. The maximum absolute atomic E-state index is 5.52. The maximum Gasteiger partial charge on any atom is 4.00 e. The van der Waals surface area contributed by atoms with Crippen LogP contribution in [0.5, 0.6) is 0 Å². The summed E-state index contributed by atoms with van der Waals surface area (Å²) in [5.74, 6) is 0. The Labute approximate surface area is 282 Å². The van der Waals surface area contributed by atoms with Gasteiger partial charge in [-0.2, -0.15) is 0 Å². The van der Waals surface area contributed by atoms with Crippen molar-refractivity contribution in [1.82, 2.24) is 38.2 Å². The van der Waals surface area contributed by atoms with E-state index in [2.05, 4.69) is 19.9 Å². The molecule has 41 heavy (non-hydrogen) atoms. The first kappa shape index (κ1) is 31.0. The summed E-state index contributed by atoms with van der Waals surface area (Å²) in [6.45, 7) is 0. The van der Waals surface area contributed by atoms with Crippen molar-refractivity contribution in [3.63, 3.8) is 0 Å². The van der Waals surface area contributed by atoms with Gasteiger partial charge in [0.25, 0.3) is 0 Å². The number of hydrogen-bond acceptors (Lipinski definition) is 10. The molecule has 15 heteroatoms. The van der Waals surface area contributed by atoms with Crippen LogP contribution in [0.2, 0.25) is 0 Å². The average Bonchev–Trinajstić information content (AvgIpc) is 3.36. The summed E-state index contributed by atoms with van der Waals surface area (Å²) >= 11 is 32.7. The molecule has 6 heterocycles. The number of pyridine rings is 4. The molecule has 0 aliphatic heterocycles. The second-order valence-electron chi connectivity index (χ2n) is 7.95. The summed E-state index contributed by atoms with van der Waals surface area (Å²) in [6, 6.07) is 14.8. The van der Waals surface area contributed by atoms with Gasteiger partial charge in [0.05, 0.1) is 0 Å². The monoisotopic (exact) mass is 827 g/mol. The van der Waals surface area contributed by atoms with Crippen LogP contribution in [0, 0.1) is 9.54 Å². The Bertz CT molecular complexity index is 1600. The zero-order valence-electron chi connectivity index (χ0n) is 20.6. The third-order valence-corrected chi connectivity index (χ3v) is 8.12. The van der Waals surface area contributed by atoms with Crippen molar-refractivity contribution in [1.29, 1.82) is 0 Å². The van der Waals surface area contributed by atoms with Gasteiger partial charge < -0.3 is 68.8 Å². The van der Waals surface area contributed by atoms with Gasteiger partial charge in [-0.05, 0) is 73.0 Å². The Morgan fingerprint density at radius 1 is 0.390 bits per heavy atom. The Hall–Kier alpha value is -2.97. The zero-order chi connectivity index (χ0) is 28.2. The Balaban J connectivity index is 0.000000184. The predicted molar refractivity (Wildman–Crippen MR) is 166 cm³/mol. The fourth-order valence-corrected chi connectivity index (χ4v) is 5.96. The van der Waals surface area contributed by atoms with Crippen molar-refractivity contribution in [2.24, 2.45) is 0 Å². The molecular weight excluding hydrogens is 812 g/mol. The van der Waals surface area contributed by atoms with E-state index >= 15 is 0 Å². The van der Waals surface area contributed by atoms with Crippen LogP contribution in [0.4, 0.5) is 0 Å². The second-order valence-corrected chi connectivity index (χ2v) is 10.2. The third kappa shape index (κ3) is 6.28. The molecule has 0 saturated carbocycles. The summed E-state index contributed by atoms with van der Waals surface area (Å²) in [6.07, 6.45) is 13.5. The molecule has 0 atom stereocenters. The van der Waals surface area contributed by atoms with Gasteiger partial charge in [-0.15, -0.1) is 20.1 Å². The van der Waals surface area contributed by atoms with Crippen molar-refractivity contribution < 1.29 is 21.1 Å². The van der Waals surface area contributed by atoms with E-state index in [1.807, 2.05) is 48.5 Å². The molecule has 0 saturated heterocycles. The van der Waals surface area contributed by atoms with Crippen LogP contribution in [0.3, 0.4) is 0 Å². The fourth-order valence-electron chi connectivity index (χ4n) is 3.81. The van der Waals surface area contributed by atoms with Gasteiger partial charge in [0.1, 0.15) is 0 Å². The van der Waals surface area contributed by atoms with E-state index in [4.69, 9.17) is 75.0 Å². The summed E-state index contributed by atoms with van der Waals surface area (Å²) in [5.41, 5.74) is 3.42. The normalized spacial score (nSPS) is 10.3. The largest absolute Gasteiger partial charge is 4.00 e. The molecular formula is C26H16N8PtS6. The first-order valence-corrected chi connectivity index (χ1v) is 13.9. The molecule has 0 aliphatic carbocycles. The van der Waals surface area contributed by atoms with Gasteiger partial charge in [0, 0.05) is 72.3 Å². The minimum Gasteiger partial charge on any atom is -0.762 e. The molecule has 0 bridgehead atoms. The Morgan fingerprint density at radius 3 is 0.732 bits per heavy atom. The first-order chi connectivity index (χ1) is 19.4. The molecule has 0 aromatic carbocycles. The van der Waals surface area contributed by atoms with Crippen LogP contribution >= 0.6 is 24.4 Å². The standard InChI is InChI=1S/2C13H10N4S3.Pt/c2*18-11-12(19)17(10-3-7-15-8-4-10)13(20)16(11)9-1-5-14-6-2-9;/h2*1-8,18-19H;/q;;+4/p-4. The first-order valence-electron chi connectivity index (χ1n) is 11.4. The smallest absolute Gasteiger partial charge is 0.762 e. The molecule has 6 aromatic heterocycles. The number of aromatic nitrogens is 8. The number of imidazole rings is 2. The van der Waals surface area contributed by atoms with Crippen LogP contribution in [-0.2, 0) is 71.6 Å². The minimum absolute atomic E-state index is 0. The third-order valence-electron chi connectivity index (χ3n) is 5.63.